The van der Waals surface area contributed by atoms with E-state index in [1.165, 1.54) is 4.90 Å². The number of hydrogen-bond donors (Lipinski definition) is 0. The second-order valence-electron chi connectivity index (χ2n) is 8.34. The average molecular weight is 357 g/mol. The van der Waals surface area contributed by atoms with Gasteiger partial charge in [-0.05, 0) is 48.5 Å². The summed E-state index contributed by atoms with van der Waals surface area (Å²) in [6.07, 6.45) is -1.27. The van der Waals surface area contributed by atoms with Crippen LogP contribution in [0.1, 0.15) is 48.5 Å². The summed E-state index contributed by atoms with van der Waals surface area (Å²) in [7, 11) is 1.57. The zero-order valence-corrected chi connectivity index (χ0v) is 16.5. The molecule has 2 rings (SSSR count). The molecule has 0 aliphatic carbocycles. The highest BCUT2D eigenvalue weighted by Gasteiger charge is 2.57. The molecule has 0 radical (unpaired) electrons. The molecule has 7 heteroatoms. The molecule has 144 valence electrons. The zero-order valence-electron chi connectivity index (χ0n) is 16.5. The standard InChI is InChI=1S/C18H31NO6/c1-11-13-14(24-18(7,8)23-13)12(10-22-17(5,6)21-9)19(11)15(20)25-16(2,3)4/h12-14H,1,10H2,2-9H3/t12-,13+,14-/m1/s1. The van der Waals surface area contributed by atoms with Crippen LogP contribution in [0.15, 0.2) is 12.3 Å². The Hall–Kier alpha value is -1.15. The number of hydrogen-bond acceptors (Lipinski definition) is 6. The summed E-state index contributed by atoms with van der Waals surface area (Å²) in [5, 5.41) is 0. The smallest absolute Gasteiger partial charge is 0.415 e. The van der Waals surface area contributed by atoms with Crippen molar-refractivity contribution in [3.05, 3.63) is 12.3 Å². The minimum Gasteiger partial charge on any atom is -0.443 e. The lowest BCUT2D eigenvalue weighted by atomic mass is 10.1. The van der Waals surface area contributed by atoms with Gasteiger partial charge in [0.1, 0.15) is 17.8 Å². The molecule has 0 N–H and O–H groups in total. The van der Waals surface area contributed by atoms with Crippen LogP contribution in [-0.2, 0) is 23.7 Å². The van der Waals surface area contributed by atoms with Gasteiger partial charge in [0, 0.05) is 12.8 Å². The zero-order chi connectivity index (χ0) is 19.2. The highest BCUT2D eigenvalue weighted by atomic mass is 16.8. The van der Waals surface area contributed by atoms with Gasteiger partial charge < -0.3 is 23.7 Å². The molecule has 0 bridgehead atoms. The maximum absolute atomic E-state index is 12.7. The average Bonchev–Trinajstić information content (AvgIpc) is 2.87. The van der Waals surface area contributed by atoms with Crippen LogP contribution in [0.3, 0.4) is 0 Å². The Morgan fingerprint density at radius 2 is 1.84 bits per heavy atom. The highest BCUT2D eigenvalue weighted by molar-refractivity contribution is 5.72. The molecule has 0 aromatic rings. The molecular weight excluding hydrogens is 326 g/mol. The number of carbonyl (C=O) groups excluding carboxylic acids is 1. The van der Waals surface area contributed by atoms with Gasteiger partial charge >= 0.3 is 6.09 Å². The predicted molar refractivity (Wildman–Crippen MR) is 91.9 cm³/mol. The Bertz CT molecular complexity index is 536. The first-order chi connectivity index (χ1) is 11.3. The Kier molecular flexibility index (Phi) is 5.27. The van der Waals surface area contributed by atoms with Crippen LogP contribution in [0, 0.1) is 0 Å². The van der Waals surface area contributed by atoms with Crippen LogP contribution in [-0.4, -0.2) is 60.1 Å². The van der Waals surface area contributed by atoms with Crippen molar-refractivity contribution in [1.82, 2.24) is 4.90 Å². The fourth-order valence-electron chi connectivity index (χ4n) is 2.90. The van der Waals surface area contributed by atoms with Gasteiger partial charge in [0.2, 0.25) is 0 Å². The van der Waals surface area contributed by atoms with Gasteiger partial charge in [-0.3, -0.25) is 4.90 Å². The van der Waals surface area contributed by atoms with Gasteiger partial charge in [0.05, 0.1) is 12.6 Å². The molecule has 2 heterocycles. The molecule has 25 heavy (non-hydrogen) atoms. The third-order valence-electron chi connectivity index (χ3n) is 4.16. The van der Waals surface area contributed by atoms with Gasteiger partial charge in [0.25, 0.3) is 0 Å². The summed E-state index contributed by atoms with van der Waals surface area (Å²) in [4.78, 5) is 14.2. The van der Waals surface area contributed by atoms with E-state index in [9.17, 15) is 4.79 Å². The number of ether oxygens (including phenoxy) is 5. The second kappa shape index (κ2) is 6.54. The van der Waals surface area contributed by atoms with E-state index < -0.39 is 35.4 Å². The van der Waals surface area contributed by atoms with Crippen molar-refractivity contribution >= 4 is 6.09 Å². The minimum atomic E-state index is -0.784. The SMILES string of the molecule is C=C1[C@@H]2OC(C)(C)O[C@@H]2[C@@H](COC(C)(C)OC)N1C(=O)OC(C)(C)C. The summed E-state index contributed by atoms with van der Waals surface area (Å²) in [5.74, 6) is -1.53. The van der Waals surface area contributed by atoms with Crippen LogP contribution in [0.25, 0.3) is 0 Å². The fraction of sp³-hybridized carbons (Fsp3) is 0.833. The van der Waals surface area contributed by atoms with E-state index in [2.05, 4.69) is 6.58 Å². The summed E-state index contributed by atoms with van der Waals surface area (Å²) < 4.78 is 28.6. The van der Waals surface area contributed by atoms with Crippen LogP contribution < -0.4 is 0 Å². The van der Waals surface area contributed by atoms with Gasteiger partial charge in [-0.15, -0.1) is 0 Å². The number of rotatable bonds is 4. The third-order valence-corrected chi connectivity index (χ3v) is 4.16. The molecule has 2 saturated heterocycles. The van der Waals surface area contributed by atoms with Crippen molar-refractivity contribution in [3.63, 3.8) is 0 Å². The van der Waals surface area contributed by atoms with E-state index in [4.69, 9.17) is 23.7 Å². The molecule has 3 atom stereocenters. The van der Waals surface area contributed by atoms with E-state index in [0.717, 1.165) is 0 Å². The van der Waals surface area contributed by atoms with Crippen molar-refractivity contribution in [1.29, 1.82) is 0 Å². The monoisotopic (exact) mass is 357 g/mol. The maximum Gasteiger partial charge on any atom is 0.415 e. The first-order valence-corrected chi connectivity index (χ1v) is 8.52. The normalized spacial score (nSPS) is 29.0. The third kappa shape index (κ3) is 4.53. The summed E-state index contributed by atoms with van der Waals surface area (Å²) in [5.41, 5.74) is -0.0959. The molecule has 0 spiro atoms. The maximum atomic E-state index is 12.7. The first-order valence-electron chi connectivity index (χ1n) is 8.52. The van der Waals surface area contributed by atoms with Crippen LogP contribution in [0.5, 0.6) is 0 Å². The lowest BCUT2D eigenvalue weighted by Crippen LogP contribution is -2.47. The molecule has 0 aromatic heterocycles. The lowest BCUT2D eigenvalue weighted by Gasteiger charge is -2.33. The van der Waals surface area contributed by atoms with E-state index in [-0.39, 0.29) is 12.7 Å². The van der Waals surface area contributed by atoms with Gasteiger partial charge in [0.15, 0.2) is 11.6 Å². The summed E-state index contributed by atoms with van der Waals surface area (Å²) in [6, 6.07) is -0.413. The second-order valence-corrected chi connectivity index (χ2v) is 8.34. The lowest BCUT2D eigenvalue weighted by molar-refractivity contribution is -0.211. The van der Waals surface area contributed by atoms with Crippen molar-refractivity contribution in [2.45, 2.75) is 83.9 Å². The molecular formula is C18H31NO6. The number of fused-ring (bicyclic) bond motifs is 1. The number of likely N-dealkylation sites (tertiary alicyclic amines) is 1. The molecule has 2 aliphatic rings. The topological polar surface area (TPSA) is 66.5 Å². The largest absolute Gasteiger partial charge is 0.443 e. The molecule has 2 aliphatic heterocycles. The number of amides is 1. The number of carbonyl (C=O) groups is 1. The van der Waals surface area contributed by atoms with E-state index >= 15 is 0 Å². The van der Waals surface area contributed by atoms with Crippen LogP contribution >= 0.6 is 0 Å². The van der Waals surface area contributed by atoms with E-state index in [0.29, 0.717) is 5.70 Å². The van der Waals surface area contributed by atoms with Crippen molar-refractivity contribution in [3.8, 4) is 0 Å². The van der Waals surface area contributed by atoms with Gasteiger partial charge in [-0.1, -0.05) is 6.58 Å². The Morgan fingerprint density at radius 1 is 1.24 bits per heavy atom. The molecule has 2 fully saturated rings. The van der Waals surface area contributed by atoms with Gasteiger partial charge in [-0.25, -0.2) is 4.79 Å². The van der Waals surface area contributed by atoms with Gasteiger partial charge in [-0.2, -0.15) is 0 Å². The molecule has 1 amide bonds. The fourth-order valence-corrected chi connectivity index (χ4v) is 2.90. The summed E-state index contributed by atoms with van der Waals surface area (Å²) in [6.45, 7) is 17.0. The van der Waals surface area contributed by atoms with E-state index in [1.807, 2.05) is 48.5 Å². The Balaban J connectivity index is 2.23. The molecule has 7 nitrogen and oxygen atoms in total. The van der Waals surface area contributed by atoms with Crippen LogP contribution in [0.4, 0.5) is 4.79 Å². The van der Waals surface area contributed by atoms with Crippen molar-refractivity contribution < 1.29 is 28.5 Å². The molecule has 0 saturated carbocycles. The van der Waals surface area contributed by atoms with E-state index in [1.54, 1.807) is 7.11 Å². The molecule has 0 unspecified atom stereocenters. The minimum absolute atomic E-state index is 0.208. The first kappa shape index (κ1) is 20.2. The quantitative estimate of drug-likeness (QED) is 0.721. The highest BCUT2D eigenvalue weighted by Crippen LogP contribution is 2.42. The van der Waals surface area contributed by atoms with Crippen molar-refractivity contribution in [2.75, 3.05) is 13.7 Å². The molecule has 0 aromatic carbocycles. The Labute approximate surface area is 150 Å². The summed E-state index contributed by atoms with van der Waals surface area (Å²) >= 11 is 0. The van der Waals surface area contributed by atoms with Crippen molar-refractivity contribution in [2.24, 2.45) is 0 Å². The number of methoxy groups -OCH3 is 1. The Morgan fingerprint density at radius 3 is 2.36 bits per heavy atom. The van der Waals surface area contributed by atoms with Crippen LogP contribution in [0.2, 0.25) is 0 Å². The number of nitrogens with zero attached hydrogens (tertiary/aromatic N) is 1. The predicted octanol–water partition coefficient (Wildman–Crippen LogP) is 3.04.